The van der Waals surface area contributed by atoms with Crippen molar-refractivity contribution >= 4 is 10.0 Å². The molecule has 0 bridgehead atoms. The van der Waals surface area contributed by atoms with E-state index in [1.54, 1.807) is 0 Å². The highest BCUT2D eigenvalue weighted by atomic mass is 32.2. The lowest BCUT2D eigenvalue weighted by atomic mass is 10.2. The van der Waals surface area contributed by atoms with Crippen LogP contribution in [0.2, 0.25) is 0 Å². The van der Waals surface area contributed by atoms with Crippen LogP contribution in [0.1, 0.15) is 12.8 Å². The van der Waals surface area contributed by atoms with Gasteiger partial charge in [0.25, 0.3) is 0 Å². The Labute approximate surface area is 111 Å². The molecule has 1 saturated heterocycles. The molecule has 5 nitrogen and oxygen atoms in total. The number of nitrogens with zero attached hydrogens (tertiary/aromatic N) is 2. The summed E-state index contributed by atoms with van der Waals surface area (Å²) in [5, 5.41) is 0. The lowest BCUT2D eigenvalue weighted by Gasteiger charge is -2.38. The second-order valence-corrected chi connectivity index (χ2v) is 6.84. The fraction of sp³-hybridized carbons (Fsp3) is 1.00. The quantitative estimate of drug-likeness (QED) is 0.790. The fourth-order valence-electron chi connectivity index (χ4n) is 2.12. The first-order chi connectivity index (χ1) is 8.65. The third-order valence-corrected chi connectivity index (χ3v) is 5.12. The molecule has 0 aromatic carbocycles. The molecule has 0 aliphatic carbocycles. The van der Waals surface area contributed by atoms with Gasteiger partial charge in [0.15, 0.2) is 0 Å². The van der Waals surface area contributed by atoms with Crippen LogP contribution in [-0.4, -0.2) is 68.8 Å². The molecule has 9 heteroatoms. The largest absolute Gasteiger partial charge is 0.389 e. The van der Waals surface area contributed by atoms with Gasteiger partial charge in [0.05, 0.1) is 5.75 Å². The number of alkyl halides is 3. The summed E-state index contributed by atoms with van der Waals surface area (Å²) < 4.78 is 61.4. The second-order valence-electron chi connectivity index (χ2n) is 4.80. The van der Waals surface area contributed by atoms with Crippen LogP contribution in [0.15, 0.2) is 0 Å². The van der Waals surface area contributed by atoms with Gasteiger partial charge in [0.2, 0.25) is 10.0 Å². The van der Waals surface area contributed by atoms with Gasteiger partial charge in [-0.25, -0.2) is 8.42 Å². The molecule has 1 heterocycles. The molecule has 0 aromatic rings. The summed E-state index contributed by atoms with van der Waals surface area (Å²) in [6.07, 6.45) is -5.80. The van der Waals surface area contributed by atoms with Crippen molar-refractivity contribution in [3.05, 3.63) is 0 Å². The van der Waals surface area contributed by atoms with E-state index in [1.807, 2.05) is 11.9 Å². The summed E-state index contributed by atoms with van der Waals surface area (Å²) in [5.41, 5.74) is 5.54. The predicted octanol–water partition coefficient (Wildman–Crippen LogP) is 0.233. The number of hydrogen-bond donors (Lipinski definition) is 1. The minimum absolute atomic E-state index is 0.169. The Morgan fingerprint density at radius 1 is 1.32 bits per heavy atom. The number of likely N-dealkylation sites (N-methyl/N-ethyl adjacent to an activating group) is 1. The van der Waals surface area contributed by atoms with Crippen LogP contribution < -0.4 is 5.73 Å². The fourth-order valence-corrected chi connectivity index (χ4v) is 3.84. The van der Waals surface area contributed by atoms with E-state index in [2.05, 4.69) is 0 Å². The van der Waals surface area contributed by atoms with Crippen LogP contribution in [-0.2, 0) is 10.0 Å². The molecule has 1 fully saturated rings. The summed E-state index contributed by atoms with van der Waals surface area (Å²) >= 11 is 0. The van der Waals surface area contributed by atoms with Crippen molar-refractivity contribution in [2.24, 2.45) is 5.73 Å². The minimum atomic E-state index is -4.31. The van der Waals surface area contributed by atoms with Gasteiger partial charge in [-0.1, -0.05) is 0 Å². The average molecular weight is 303 g/mol. The van der Waals surface area contributed by atoms with Gasteiger partial charge < -0.3 is 10.6 Å². The molecule has 1 unspecified atom stereocenters. The van der Waals surface area contributed by atoms with E-state index >= 15 is 0 Å². The molecule has 0 saturated carbocycles. The van der Waals surface area contributed by atoms with Crippen LogP contribution in [0, 0.1) is 0 Å². The maximum absolute atomic E-state index is 12.0. The molecule has 19 heavy (non-hydrogen) atoms. The Kier molecular flexibility index (Phi) is 5.60. The van der Waals surface area contributed by atoms with Crippen molar-refractivity contribution in [3.63, 3.8) is 0 Å². The highest BCUT2D eigenvalue weighted by molar-refractivity contribution is 7.89. The van der Waals surface area contributed by atoms with Crippen molar-refractivity contribution < 1.29 is 21.6 Å². The SMILES string of the molecule is CN1CCN(S(=O)(=O)CCCC(F)(F)F)C(CN)C1. The standard InChI is InChI=1S/C10H20F3N3O2S/c1-15-4-5-16(9(7-14)8-15)19(17,18)6-2-3-10(11,12)13/h9H,2-8,14H2,1H3. The molecule has 0 aromatic heterocycles. The number of sulfonamides is 1. The molecule has 114 valence electrons. The summed E-state index contributed by atoms with van der Waals surface area (Å²) in [6, 6.07) is -0.352. The Balaban J connectivity index is 2.60. The van der Waals surface area contributed by atoms with E-state index in [4.69, 9.17) is 5.73 Å². The molecule has 0 amide bonds. The zero-order valence-electron chi connectivity index (χ0n) is 10.9. The van der Waals surface area contributed by atoms with Gasteiger partial charge in [0, 0.05) is 38.6 Å². The van der Waals surface area contributed by atoms with Crippen LogP contribution in [0.4, 0.5) is 13.2 Å². The summed E-state index contributed by atoms with van der Waals surface area (Å²) in [5.74, 6) is -0.479. The summed E-state index contributed by atoms with van der Waals surface area (Å²) in [6.45, 7) is 1.53. The normalized spacial score (nSPS) is 23.7. The van der Waals surface area contributed by atoms with Gasteiger partial charge in [-0.3, -0.25) is 0 Å². The van der Waals surface area contributed by atoms with E-state index in [1.165, 1.54) is 4.31 Å². The van der Waals surface area contributed by atoms with Gasteiger partial charge in [0.1, 0.15) is 0 Å². The Hall–Kier alpha value is -0.380. The van der Waals surface area contributed by atoms with Gasteiger partial charge in [-0.2, -0.15) is 17.5 Å². The molecule has 1 aliphatic rings. The molecular weight excluding hydrogens is 283 g/mol. The lowest BCUT2D eigenvalue weighted by Crippen LogP contribution is -2.57. The Morgan fingerprint density at radius 3 is 2.47 bits per heavy atom. The number of piperazine rings is 1. The number of rotatable bonds is 5. The summed E-state index contributed by atoms with van der Waals surface area (Å²) in [4.78, 5) is 1.96. The first kappa shape index (κ1) is 16.7. The van der Waals surface area contributed by atoms with Crippen LogP contribution in [0.25, 0.3) is 0 Å². The maximum Gasteiger partial charge on any atom is 0.389 e. The first-order valence-corrected chi connectivity index (χ1v) is 7.71. The van der Waals surface area contributed by atoms with Crippen molar-refractivity contribution in [1.29, 1.82) is 0 Å². The first-order valence-electron chi connectivity index (χ1n) is 6.10. The third-order valence-electron chi connectivity index (χ3n) is 3.12. The van der Waals surface area contributed by atoms with Crippen LogP contribution in [0.3, 0.4) is 0 Å². The maximum atomic E-state index is 12.0. The zero-order valence-corrected chi connectivity index (χ0v) is 11.7. The molecule has 0 spiro atoms. The molecule has 1 atom stereocenters. The molecule has 2 N–H and O–H groups in total. The molecular formula is C10H20F3N3O2S. The van der Waals surface area contributed by atoms with E-state index in [0.29, 0.717) is 13.1 Å². The highest BCUT2D eigenvalue weighted by Crippen LogP contribution is 2.23. The van der Waals surface area contributed by atoms with E-state index < -0.39 is 34.8 Å². The van der Waals surface area contributed by atoms with Crippen molar-refractivity contribution in [2.45, 2.75) is 25.1 Å². The molecule has 1 aliphatic heterocycles. The minimum Gasteiger partial charge on any atom is -0.329 e. The highest BCUT2D eigenvalue weighted by Gasteiger charge is 2.34. The number of nitrogens with two attached hydrogens (primary N) is 1. The molecule has 0 radical (unpaired) electrons. The number of halogens is 3. The van der Waals surface area contributed by atoms with Crippen molar-refractivity contribution in [2.75, 3.05) is 39.0 Å². The second kappa shape index (κ2) is 6.38. The third kappa shape index (κ3) is 5.25. The van der Waals surface area contributed by atoms with Gasteiger partial charge in [-0.15, -0.1) is 0 Å². The zero-order chi connectivity index (χ0) is 14.7. The van der Waals surface area contributed by atoms with E-state index in [-0.39, 0.29) is 19.1 Å². The lowest BCUT2D eigenvalue weighted by molar-refractivity contribution is -0.134. The Morgan fingerprint density at radius 2 is 1.95 bits per heavy atom. The van der Waals surface area contributed by atoms with Crippen molar-refractivity contribution in [1.82, 2.24) is 9.21 Å². The van der Waals surface area contributed by atoms with Crippen LogP contribution in [0.5, 0.6) is 0 Å². The summed E-state index contributed by atoms with van der Waals surface area (Å²) in [7, 11) is -1.81. The van der Waals surface area contributed by atoms with Gasteiger partial charge >= 0.3 is 6.18 Å². The van der Waals surface area contributed by atoms with Gasteiger partial charge in [-0.05, 0) is 13.5 Å². The number of hydrogen-bond acceptors (Lipinski definition) is 4. The van der Waals surface area contributed by atoms with E-state index in [0.717, 1.165) is 0 Å². The monoisotopic (exact) mass is 303 g/mol. The van der Waals surface area contributed by atoms with Crippen LogP contribution >= 0.6 is 0 Å². The average Bonchev–Trinajstić information content (AvgIpc) is 2.26. The smallest absolute Gasteiger partial charge is 0.329 e. The molecule has 1 rings (SSSR count). The topological polar surface area (TPSA) is 66.6 Å². The Bertz CT molecular complexity index is 386. The van der Waals surface area contributed by atoms with Crippen molar-refractivity contribution in [3.8, 4) is 0 Å². The van der Waals surface area contributed by atoms with E-state index in [9.17, 15) is 21.6 Å². The predicted molar refractivity (Wildman–Crippen MR) is 66.1 cm³/mol.